The zero-order valence-corrected chi connectivity index (χ0v) is 23.1. The summed E-state index contributed by atoms with van der Waals surface area (Å²) < 4.78 is 4.79. The predicted octanol–water partition coefficient (Wildman–Crippen LogP) is 1.94. The Bertz CT molecular complexity index is 1530. The second-order valence-corrected chi connectivity index (χ2v) is 9.84. The van der Waals surface area contributed by atoms with Crippen molar-refractivity contribution in [1.29, 1.82) is 0 Å². The maximum Gasteiger partial charge on any atom is 0.332 e. The number of anilines is 1. The molecule has 208 valence electrons. The number of nitrogens with zero attached hydrogens (tertiary/aromatic N) is 7. The number of nitrogens with two attached hydrogens (primary N) is 1. The van der Waals surface area contributed by atoms with Crippen LogP contribution < -0.4 is 17.0 Å². The van der Waals surface area contributed by atoms with Crippen LogP contribution in [0, 0.1) is 0 Å². The average molecular weight is 555 g/mol. The molecular formula is C27H35ClN8O3. The van der Waals surface area contributed by atoms with Crippen molar-refractivity contribution in [3.8, 4) is 0 Å². The summed E-state index contributed by atoms with van der Waals surface area (Å²) in [7, 11) is 0. The van der Waals surface area contributed by atoms with E-state index < -0.39 is 5.69 Å². The topological polar surface area (TPSA) is 137 Å². The highest BCUT2D eigenvalue weighted by Crippen LogP contribution is 2.21. The average Bonchev–Trinajstić information content (AvgIpc) is 3.28. The molecule has 0 aliphatic carbocycles. The standard InChI is InChI=1S/C27H35ClN8O3/c1-3-10-36-26(38)24-25(35(27(36)39)11-8-20-5-6-21(29)17-22(20)28)32-23(16-19-7-9-30-31-18-19)34(24)13-12-33(4-2)14-15-37/h5-7,9,17-18,37H,3-4,8,10-16,29H2,1-2H3. The Morgan fingerprint density at radius 3 is 2.51 bits per heavy atom. The maximum absolute atomic E-state index is 13.8. The number of hydrogen-bond acceptors (Lipinski definition) is 8. The number of imidazole rings is 1. The number of halogens is 1. The van der Waals surface area contributed by atoms with Crippen LogP contribution in [0.5, 0.6) is 0 Å². The van der Waals surface area contributed by atoms with Crippen LogP contribution >= 0.6 is 11.6 Å². The number of rotatable bonds is 13. The number of hydrogen-bond donors (Lipinski definition) is 2. The molecule has 0 aliphatic heterocycles. The number of aromatic nitrogens is 6. The predicted molar refractivity (Wildman–Crippen MR) is 152 cm³/mol. The van der Waals surface area contributed by atoms with Crippen molar-refractivity contribution in [2.45, 2.75) is 52.7 Å². The minimum Gasteiger partial charge on any atom is -0.399 e. The minimum absolute atomic E-state index is 0.0462. The summed E-state index contributed by atoms with van der Waals surface area (Å²) in [5.74, 6) is 0.656. The molecule has 12 heteroatoms. The first kappa shape index (κ1) is 28.5. The minimum atomic E-state index is -0.391. The number of fused-ring (bicyclic) bond motifs is 1. The number of nitrogen functional groups attached to an aromatic ring is 1. The van der Waals surface area contributed by atoms with Crippen LogP contribution in [0.15, 0.2) is 46.2 Å². The van der Waals surface area contributed by atoms with Crippen LogP contribution in [0.2, 0.25) is 5.02 Å². The van der Waals surface area contributed by atoms with Crippen LogP contribution in [-0.2, 0) is 32.5 Å². The number of aliphatic hydroxyl groups is 1. The highest BCUT2D eigenvalue weighted by molar-refractivity contribution is 6.31. The Kier molecular flexibility index (Phi) is 9.50. The van der Waals surface area contributed by atoms with E-state index in [1.807, 2.05) is 30.5 Å². The maximum atomic E-state index is 13.8. The number of benzene rings is 1. The van der Waals surface area contributed by atoms with Gasteiger partial charge in [0.05, 0.1) is 12.8 Å². The lowest BCUT2D eigenvalue weighted by molar-refractivity contribution is 0.197. The molecule has 0 amide bonds. The van der Waals surface area contributed by atoms with E-state index in [2.05, 4.69) is 15.1 Å². The van der Waals surface area contributed by atoms with E-state index in [9.17, 15) is 14.7 Å². The van der Waals surface area contributed by atoms with Gasteiger partial charge in [-0.2, -0.15) is 10.2 Å². The van der Waals surface area contributed by atoms with Gasteiger partial charge in [-0.1, -0.05) is 31.5 Å². The zero-order valence-electron chi connectivity index (χ0n) is 22.4. The van der Waals surface area contributed by atoms with Crippen molar-refractivity contribution in [3.63, 3.8) is 0 Å². The lowest BCUT2D eigenvalue weighted by Gasteiger charge is -2.20. The summed E-state index contributed by atoms with van der Waals surface area (Å²) in [6.07, 6.45) is 4.80. The van der Waals surface area contributed by atoms with Gasteiger partial charge in [0.1, 0.15) is 5.82 Å². The van der Waals surface area contributed by atoms with Gasteiger partial charge in [0.2, 0.25) is 0 Å². The van der Waals surface area contributed by atoms with Crippen LogP contribution in [0.4, 0.5) is 5.69 Å². The summed E-state index contributed by atoms with van der Waals surface area (Å²) in [4.78, 5) is 34.3. The van der Waals surface area contributed by atoms with Crippen molar-refractivity contribution in [2.75, 3.05) is 32.0 Å². The quantitative estimate of drug-likeness (QED) is 0.239. The van der Waals surface area contributed by atoms with Gasteiger partial charge in [-0.15, -0.1) is 0 Å². The van der Waals surface area contributed by atoms with Crippen molar-refractivity contribution >= 4 is 28.5 Å². The molecule has 0 unspecified atom stereocenters. The van der Waals surface area contributed by atoms with Gasteiger partial charge < -0.3 is 15.4 Å². The fourth-order valence-electron chi connectivity index (χ4n) is 4.75. The van der Waals surface area contributed by atoms with Gasteiger partial charge in [-0.05, 0) is 48.7 Å². The zero-order chi connectivity index (χ0) is 27.9. The fourth-order valence-corrected chi connectivity index (χ4v) is 5.03. The highest BCUT2D eigenvalue weighted by Gasteiger charge is 2.22. The largest absolute Gasteiger partial charge is 0.399 e. The van der Waals surface area contributed by atoms with Gasteiger partial charge in [-0.3, -0.25) is 18.8 Å². The molecule has 0 saturated heterocycles. The molecular weight excluding hydrogens is 520 g/mol. The van der Waals surface area contributed by atoms with E-state index in [1.54, 1.807) is 29.1 Å². The molecule has 39 heavy (non-hydrogen) atoms. The Hall–Kier alpha value is -3.54. The van der Waals surface area contributed by atoms with E-state index in [0.717, 1.165) is 17.7 Å². The number of aryl methyl sites for hydroxylation is 2. The Labute approximate surface area is 231 Å². The molecule has 0 spiro atoms. The third-order valence-corrected chi connectivity index (χ3v) is 7.19. The Morgan fingerprint density at radius 1 is 1.03 bits per heavy atom. The summed E-state index contributed by atoms with van der Waals surface area (Å²) in [6.45, 7) is 6.97. The molecule has 1 aromatic carbocycles. The first-order valence-electron chi connectivity index (χ1n) is 13.2. The van der Waals surface area contributed by atoms with Gasteiger partial charge in [0.15, 0.2) is 11.2 Å². The first-order chi connectivity index (χ1) is 18.9. The van der Waals surface area contributed by atoms with Crippen molar-refractivity contribution in [3.05, 3.63) is 79.5 Å². The molecule has 0 aliphatic rings. The summed E-state index contributed by atoms with van der Waals surface area (Å²) in [6, 6.07) is 7.17. The molecule has 3 aromatic heterocycles. The van der Waals surface area contributed by atoms with E-state index >= 15 is 0 Å². The summed E-state index contributed by atoms with van der Waals surface area (Å²) in [5.41, 5.74) is 8.16. The Balaban J connectivity index is 1.86. The van der Waals surface area contributed by atoms with E-state index in [-0.39, 0.29) is 12.2 Å². The Morgan fingerprint density at radius 2 is 1.85 bits per heavy atom. The number of likely N-dealkylation sites (N-methyl/N-ethyl adjacent to an activating group) is 1. The van der Waals surface area contributed by atoms with Gasteiger partial charge >= 0.3 is 5.69 Å². The van der Waals surface area contributed by atoms with Crippen LogP contribution in [-0.4, -0.2) is 65.1 Å². The van der Waals surface area contributed by atoms with Gasteiger partial charge in [0, 0.05) is 56.1 Å². The van der Waals surface area contributed by atoms with E-state index in [4.69, 9.17) is 22.3 Å². The van der Waals surface area contributed by atoms with Crippen molar-refractivity contribution in [1.82, 2.24) is 33.8 Å². The van der Waals surface area contributed by atoms with Crippen molar-refractivity contribution < 1.29 is 5.11 Å². The normalized spacial score (nSPS) is 11.6. The molecule has 0 saturated carbocycles. The molecule has 0 radical (unpaired) electrons. The summed E-state index contributed by atoms with van der Waals surface area (Å²) in [5, 5.41) is 17.8. The molecule has 0 fully saturated rings. The third kappa shape index (κ3) is 6.38. The van der Waals surface area contributed by atoms with Crippen LogP contribution in [0.25, 0.3) is 11.2 Å². The molecule has 3 heterocycles. The molecule has 0 atom stereocenters. The highest BCUT2D eigenvalue weighted by atomic mass is 35.5. The third-order valence-electron chi connectivity index (χ3n) is 6.83. The fraction of sp³-hybridized carbons (Fsp3) is 0.444. The smallest absolute Gasteiger partial charge is 0.332 e. The molecule has 4 aromatic rings. The molecule has 0 bridgehead atoms. The van der Waals surface area contributed by atoms with Gasteiger partial charge in [0.25, 0.3) is 5.56 Å². The first-order valence-corrected chi connectivity index (χ1v) is 13.6. The second kappa shape index (κ2) is 13.0. The van der Waals surface area contributed by atoms with Crippen LogP contribution in [0.3, 0.4) is 0 Å². The van der Waals surface area contributed by atoms with Gasteiger partial charge in [-0.25, -0.2) is 9.78 Å². The van der Waals surface area contributed by atoms with E-state index in [1.165, 1.54) is 4.57 Å². The van der Waals surface area contributed by atoms with Crippen LogP contribution in [0.1, 0.15) is 37.2 Å². The van der Waals surface area contributed by atoms with E-state index in [0.29, 0.717) is 79.7 Å². The summed E-state index contributed by atoms with van der Waals surface area (Å²) >= 11 is 6.41. The monoisotopic (exact) mass is 554 g/mol. The molecule has 4 rings (SSSR count). The molecule has 3 N–H and O–H groups in total. The lowest BCUT2D eigenvalue weighted by atomic mass is 10.1. The molecule has 11 nitrogen and oxygen atoms in total. The second-order valence-electron chi connectivity index (χ2n) is 9.43. The van der Waals surface area contributed by atoms with Crippen molar-refractivity contribution in [2.24, 2.45) is 0 Å². The number of aliphatic hydroxyl groups excluding tert-OH is 1. The SMILES string of the molecule is CCCn1c(=O)c2c(nc(Cc3ccnnc3)n2CCN(CC)CCO)n(CCc2ccc(N)cc2Cl)c1=O. The lowest BCUT2D eigenvalue weighted by Crippen LogP contribution is -2.41.